The highest BCUT2D eigenvalue weighted by Gasteiger charge is 2.32. The van der Waals surface area contributed by atoms with Gasteiger partial charge in [-0.2, -0.15) is 14.6 Å². The van der Waals surface area contributed by atoms with Gasteiger partial charge in [0.05, 0.1) is 0 Å². The maximum absolute atomic E-state index is 12.8. The summed E-state index contributed by atoms with van der Waals surface area (Å²) in [5, 5.41) is 9.41. The van der Waals surface area contributed by atoms with E-state index in [1.165, 1.54) is 10.4 Å². The van der Waals surface area contributed by atoms with Crippen molar-refractivity contribution in [1.29, 1.82) is 5.26 Å². The first kappa shape index (κ1) is 18.1. The number of aryl methyl sites for hydroxylation is 1. The smallest absolute Gasteiger partial charge is 0.266 e. The molecule has 8 nitrogen and oxygen atoms in total. The van der Waals surface area contributed by atoms with Crippen molar-refractivity contribution < 1.29 is 17.3 Å². The van der Waals surface area contributed by atoms with E-state index in [2.05, 4.69) is 11.1 Å². The van der Waals surface area contributed by atoms with Crippen LogP contribution >= 0.6 is 0 Å². The molecule has 2 aromatic rings. The minimum Gasteiger partial charge on any atom is -0.455 e. The van der Waals surface area contributed by atoms with E-state index in [1.807, 2.05) is 4.90 Å². The molecule has 0 saturated carbocycles. The number of nitriles is 1. The number of hydrogen-bond donors (Lipinski definition) is 0. The molecule has 2 aliphatic heterocycles. The Morgan fingerprint density at radius 2 is 1.74 bits per heavy atom. The predicted molar refractivity (Wildman–Crippen MR) is 97.7 cm³/mol. The van der Waals surface area contributed by atoms with Crippen molar-refractivity contribution in [2.45, 2.75) is 43.9 Å². The summed E-state index contributed by atoms with van der Waals surface area (Å²) in [6, 6.07) is 3.52. The third-order valence-electron chi connectivity index (χ3n) is 5.12. The Balaban J connectivity index is 1.69. The Kier molecular flexibility index (Phi) is 4.70. The molecule has 0 N–H and O–H groups in total. The summed E-state index contributed by atoms with van der Waals surface area (Å²) in [4.78, 5) is 6.38. The number of furan rings is 1. The van der Waals surface area contributed by atoms with Gasteiger partial charge < -0.3 is 13.7 Å². The highest BCUT2D eigenvalue weighted by molar-refractivity contribution is 7.89. The molecule has 4 rings (SSSR count). The van der Waals surface area contributed by atoms with E-state index in [9.17, 15) is 13.7 Å². The highest BCUT2D eigenvalue weighted by Crippen LogP contribution is 2.34. The molecule has 2 saturated heterocycles. The standard InChI is InChI=1S/C18H22N4O4S/c1-13-16(27(23,24)22-9-5-6-10-22)11-15(25-13)17-20-14(12-19)18(26-17)21-7-3-2-4-8-21/h11H,2-10H2,1H3. The van der Waals surface area contributed by atoms with Gasteiger partial charge in [-0.1, -0.05) is 0 Å². The van der Waals surface area contributed by atoms with Gasteiger partial charge in [0.25, 0.3) is 5.89 Å². The number of oxazole rings is 1. The Bertz CT molecular complexity index is 974. The molecule has 27 heavy (non-hydrogen) atoms. The van der Waals surface area contributed by atoms with Crippen molar-refractivity contribution in [3.63, 3.8) is 0 Å². The Hall–Kier alpha value is -2.31. The lowest BCUT2D eigenvalue weighted by atomic mass is 10.1. The van der Waals surface area contributed by atoms with Gasteiger partial charge in [0.1, 0.15) is 16.7 Å². The summed E-state index contributed by atoms with van der Waals surface area (Å²) in [5.41, 5.74) is 0.199. The third kappa shape index (κ3) is 3.24. The number of rotatable bonds is 4. The second-order valence-corrected chi connectivity index (χ2v) is 8.88. The van der Waals surface area contributed by atoms with Crippen LogP contribution in [0.1, 0.15) is 43.6 Å². The van der Waals surface area contributed by atoms with Gasteiger partial charge in [-0.25, -0.2) is 8.42 Å². The van der Waals surface area contributed by atoms with E-state index in [-0.39, 0.29) is 22.2 Å². The zero-order chi connectivity index (χ0) is 19.0. The van der Waals surface area contributed by atoms with Gasteiger partial charge >= 0.3 is 0 Å². The summed E-state index contributed by atoms with van der Waals surface area (Å²) < 4.78 is 38.6. The molecule has 2 fully saturated rings. The third-order valence-corrected chi connectivity index (χ3v) is 7.13. The van der Waals surface area contributed by atoms with E-state index < -0.39 is 10.0 Å². The molecule has 2 aromatic heterocycles. The molecule has 0 bridgehead atoms. The highest BCUT2D eigenvalue weighted by atomic mass is 32.2. The number of anilines is 1. The minimum atomic E-state index is -3.59. The van der Waals surface area contributed by atoms with E-state index >= 15 is 0 Å². The van der Waals surface area contributed by atoms with Crippen LogP contribution < -0.4 is 4.90 Å². The minimum absolute atomic E-state index is 0.135. The molecule has 0 unspecified atom stereocenters. The first-order chi connectivity index (χ1) is 13.0. The molecular formula is C18H22N4O4S. The van der Waals surface area contributed by atoms with Gasteiger partial charge in [0.2, 0.25) is 21.6 Å². The average Bonchev–Trinajstić information content (AvgIpc) is 3.41. The summed E-state index contributed by atoms with van der Waals surface area (Å²) in [6.45, 7) is 4.30. The second kappa shape index (κ2) is 7.02. The molecule has 4 heterocycles. The summed E-state index contributed by atoms with van der Waals surface area (Å²) in [7, 11) is -3.59. The fourth-order valence-electron chi connectivity index (χ4n) is 3.70. The quantitative estimate of drug-likeness (QED) is 0.790. The monoisotopic (exact) mass is 390 g/mol. The van der Waals surface area contributed by atoms with Crippen LogP contribution in [0.3, 0.4) is 0 Å². The lowest BCUT2D eigenvalue weighted by Gasteiger charge is -2.25. The topological polar surface area (TPSA) is 104 Å². The van der Waals surface area contributed by atoms with Gasteiger partial charge in [-0.05, 0) is 39.0 Å². The first-order valence-corrected chi connectivity index (χ1v) is 10.7. The molecule has 0 spiro atoms. The fourth-order valence-corrected chi connectivity index (χ4v) is 5.37. The second-order valence-electron chi connectivity index (χ2n) is 6.97. The molecule has 0 aromatic carbocycles. The number of nitrogens with zero attached hydrogens (tertiary/aromatic N) is 4. The fraction of sp³-hybridized carbons (Fsp3) is 0.556. The van der Waals surface area contributed by atoms with Crippen molar-refractivity contribution >= 4 is 15.9 Å². The maximum Gasteiger partial charge on any atom is 0.266 e. The maximum atomic E-state index is 12.8. The summed E-state index contributed by atoms with van der Waals surface area (Å²) in [5.74, 6) is 1.10. The molecule has 144 valence electrons. The van der Waals surface area contributed by atoms with Crippen LogP contribution in [0.5, 0.6) is 0 Å². The number of aromatic nitrogens is 1. The normalized spacial score (nSPS) is 18.7. The van der Waals surface area contributed by atoms with E-state index in [4.69, 9.17) is 8.83 Å². The first-order valence-electron chi connectivity index (χ1n) is 9.27. The molecule has 0 aliphatic carbocycles. The van der Waals surface area contributed by atoms with Crippen molar-refractivity contribution in [3.8, 4) is 17.7 Å². The Morgan fingerprint density at radius 1 is 1.07 bits per heavy atom. The SMILES string of the molecule is Cc1oc(-c2nc(C#N)c(N3CCCCC3)o2)cc1S(=O)(=O)N1CCCC1. The van der Waals surface area contributed by atoms with E-state index in [0.717, 1.165) is 45.2 Å². The van der Waals surface area contributed by atoms with Crippen LogP contribution in [0, 0.1) is 18.3 Å². The van der Waals surface area contributed by atoms with Crippen LogP contribution in [0.25, 0.3) is 11.7 Å². The molecule has 2 aliphatic rings. The number of piperidine rings is 1. The predicted octanol–water partition coefficient (Wildman–Crippen LogP) is 2.89. The molecule has 0 atom stereocenters. The lowest BCUT2D eigenvalue weighted by Crippen LogP contribution is -2.29. The zero-order valence-electron chi connectivity index (χ0n) is 15.3. The summed E-state index contributed by atoms with van der Waals surface area (Å²) >= 11 is 0. The van der Waals surface area contributed by atoms with Gasteiger partial charge in [0.15, 0.2) is 5.76 Å². The lowest BCUT2D eigenvalue weighted by molar-refractivity contribution is 0.466. The van der Waals surface area contributed by atoms with Gasteiger partial charge in [0, 0.05) is 32.2 Å². The van der Waals surface area contributed by atoms with Crippen LogP contribution in [0.4, 0.5) is 5.88 Å². The molecule has 0 amide bonds. The molecule has 0 radical (unpaired) electrons. The number of sulfonamides is 1. The Morgan fingerprint density at radius 3 is 2.41 bits per heavy atom. The number of hydrogen-bond acceptors (Lipinski definition) is 7. The largest absolute Gasteiger partial charge is 0.455 e. The van der Waals surface area contributed by atoms with Gasteiger partial charge in [-0.15, -0.1) is 0 Å². The van der Waals surface area contributed by atoms with Crippen molar-refractivity contribution in [2.75, 3.05) is 31.1 Å². The van der Waals surface area contributed by atoms with Crippen LogP contribution in [0.2, 0.25) is 0 Å². The van der Waals surface area contributed by atoms with Crippen molar-refractivity contribution in [3.05, 3.63) is 17.5 Å². The van der Waals surface area contributed by atoms with E-state index in [1.54, 1.807) is 6.92 Å². The van der Waals surface area contributed by atoms with Crippen LogP contribution in [-0.4, -0.2) is 43.9 Å². The average molecular weight is 390 g/mol. The zero-order valence-corrected chi connectivity index (χ0v) is 16.1. The van der Waals surface area contributed by atoms with Crippen molar-refractivity contribution in [1.82, 2.24) is 9.29 Å². The van der Waals surface area contributed by atoms with E-state index in [0.29, 0.717) is 24.7 Å². The van der Waals surface area contributed by atoms with Gasteiger partial charge in [-0.3, -0.25) is 0 Å². The van der Waals surface area contributed by atoms with Crippen LogP contribution in [-0.2, 0) is 10.0 Å². The van der Waals surface area contributed by atoms with Crippen LogP contribution in [0.15, 0.2) is 19.8 Å². The molecule has 9 heteroatoms. The van der Waals surface area contributed by atoms with Crippen molar-refractivity contribution in [2.24, 2.45) is 0 Å². The summed E-state index contributed by atoms with van der Waals surface area (Å²) in [6.07, 6.45) is 4.98. The molecular weight excluding hydrogens is 368 g/mol. The Labute approximate surface area is 158 Å².